The van der Waals surface area contributed by atoms with Gasteiger partial charge in [-0.05, 0) is 45.0 Å². The van der Waals surface area contributed by atoms with Crippen LogP contribution in [0.3, 0.4) is 0 Å². The summed E-state index contributed by atoms with van der Waals surface area (Å²) in [6.07, 6.45) is 4.58. The summed E-state index contributed by atoms with van der Waals surface area (Å²) in [5.74, 6) is 1.72. The summed E-state index contributed by atoms with van der Waals surface area (Å²) in [7, 11) is 5.39. The third-order valence-electron chi connectivity index (χ3n) is 4.44. The van der Waals surface area contributed by atoms with Gasteiger partial charge < -0.3 is 19.5 Å². The number of methoxy groups -OCH3 is 2. The summed E-state index contributed by atoms with van der Waals surface area (Å²) >= 11 is 0. The summed E-state index contributed by atoms with van der Waals surface area (Å²) in [5, 5.41) is 3.45. The van der Waals surface area contributed by atoms with E-state index < -0.39 is 0 Å². The fourth-order valence-corrected chi connectivity index (χ4v) is 3.54. The molecule has 1 aliphatic carbocycles. The second-order valence-corrected chi connectivity index (χ2v) is 5.53. The molecule has 0 aliphatic heterocycles. The van der Waals surface area contributed by atoms with E-state index in [4.69, 9.17) is 14.2 Å². The lowest BCUT2D eigenvalue weighted by atomic mass is 9.86. The highest BCUT2D eigenvalue weighted by molar-refractivity contribution is 5.43. The number of benzene rings is 1. The molecule has 0 spiro atoms. The predicted octanol–water partition coefficient (Wildman–Crippen LogP) is 3.31. The molecular weight excluding hydrogens is 266 g/mol. The number of likely N-dealkylation sites (N-methyl/N-ethyl adjacent to an activating group) is 1. The average molecular weight is 293 g/mol. The summed E-state index contributed by atoms with van der Waals surface area (Å²) in [4.78, 5) is 0. The first-order valence-corrected chi connectivity index (χ1v) is 7.74. The number of rotatable bonds is 7. The van der Waals surface area contributed by atoms with Crippen LogP contribution in [0.2, 0.25) is 0 Å². The third kappa shape index (κ3) is 3.16. The standard InChI is InChI=1S/C17H27NO3/c1-5-21-17(10-6-7-11-17)16(18-2)14-12-13(19-3)8-9-15(14)20-4/h8-9,12,16,18H,5-7,10-11H2,1-4H3. The van der Waals surface area contributed by atoms with Gasteiger partial charge in [0, 0.05) is 12.2 Å². The van der Waals surface area contributed by atoms with Gasteiger partial charge in [-0.1, -0.05) is 12.8 Å². The van der Waals surface area contributed by atoms with E-state index in [9.17, 15) is 0 Å². The zero-order valence-electron chi connectivity index (χ0n) is 13.6. The molecule has 0 saturated heterocycles. The summed E-state index contributed by atoms with van der Waals surface area (Å²) in [5.41, 5.74) is 0.957. The van der Waals surface area contributed by atoms with Crippen molar-refractivity contribution in [1.82, 2.24) is 5.32 Å². The maximum atomic E-state index is 6.21. The molecule has 1 aromatic carbocycles. The van der Waals surface area contributed by atoms with Crippen molar-refractivity contribution in [2.75, 3.05) is 27.9 Å². The molecule has 1 fully saturated rings. The third-order valence-corrected chi connectivity index (χ3v) is 4.44. The minimum atomic E-state index is -0.150. The first-order valence-electron chi connectivity index (χ1n) is 7.74. The molecule has 1 aliphatic rings. The molecule has 4 heteroatoms. The van der Waals surface area contributed by atoms with E-state index >= 15 is 0 Å². The Morgan fingerprint density at radius 3 is 2.43 bits per heavy atom. The van der Waals surface area contributed by atoms with Crippen molar-refractivity contribution < 1.29 is 14.2 Å². The molecule has 2 rings (SSSR count). The van der Waals surface area contributed by atoms with E-state index in [0.29, 0.717) is 0 Å². The Labute approximate surface area is 127 Å². The second-order valence-electron chi connectivity index (χ2n) is 5.53. The molecule has 1 unspecified atom stereocenters. The van der Waals surface area contributed by atoms with Gasteiger partial charge in [-0.15, -0.1) is 0 Å². The first kappa shape index (κ1) is 16.1. The van der Waals surface area contributed by atoms with Crippen LogP contribution in [0.15, 0.2) is 18.2 Å². The number of nitrogens with one attached hydrogen (secondary N) is 1. The molecule has 1 atom stereocenters. The minimum absolute atomic E-state index is 0.102. The van der Waals surface area contributed by atoms with Crippen LogP contribution < -0.4 is 14.8 Å². The molecule has 1 saturated carbocycles. The van der Waals surface area contributed by atoms with Gasteiger partial charge in [-0.3, -0.25) is 0 Å². The summed E-state index contributed by atoms with van der Waals surface area (Å²) < 4.78 is 17.2. The lowest BCUT2D eigenvalue weighted by Crippen LogP contribution is -2.43. The molecule has 0 aromatic heterocycles. The smallest absolute Gasteiger partial charge is 0.124 e. The monoisotopic (exact) mass is 293 g/mol. The van der Waals surface area contributed by atoms with Gasteiger partial charge in [0.1, 0.15) is 11.5 Å². The Hall–Kier alpha value is -1.26. The predicted molar refractivity (Wildman–Crippen MR) is 84.2 cm³/mol. The topological polar surface area (TPSA) is 39.7 Å². The van der Waals surface area contributed by atoms with Gasteiger partial charge in [0.05, 0.1) is 25.9 Å². The maximum absolute atomic E-state index is 6.21. The maximum Gasteiger partial charge on any atom is 0.124 e. The van der Waals surface area contributed by atoms with Gasteiger partial charge in [-0.25, -0.2) is 0 Å². The second kappa shape index (κ2) is 7.14. The molecule has 21 heavy (non-hydrogen) atoms. The number of hydrogen-bond acceptors (Lipinski definition) is 4. The highest BCUT2D eigenvalue weighted by Crippen LogP contribution is 2.45. The van der Waals surface area contributed by atoms with Crippen LogP contribution in [-0.4, -0.2) is 33.5 Å². The van der Waals surface area contributed by atoms with Crippen molar-refractivity contribution >= 4 is 0 Å². The molecule has 118 valence electrons. The van der Waals surface area contributed by atoms with Gasteiger partial charge in [0.2, 0.25) is 0 Å². The zero-order valence-corrected chi connectivity index (χ0v) is 13.6. The summed E-state index contributed by atoms with van der Waals surface area (Å²) in [6.45, 7) is 2.79. The Bertz CT molecular complexity index is 455. The SMILES string of the molecule is CCOC1(C(NC)c2cc(OC)ccc2OC)CCCC1. The largest absolute Gasteiger partial charge is 0.497 e. The molecule has 0 bridgehead atoms. The highest BCUT2D eigenvalue weighted by atomic mass is 16.5. The van der Waals surface area contributed by atoms with Crippen molar-refractivity contribution in [2.45, 2.75) is 44.2 Å². The van der Waals surface area contributed by atoms with Crippen molar-refractivity contribution in [3.63, 3.8) is 0 Å². The Morgan fingerprint density at radius 2 is 1.90 bits per heavy atom. The molecular formula is C17H27NO3. The van der Waals surface area contributed by atoms with Gasteiger partial charge in [0.25, 0.3) is 0 Å². The lowest BCUT2D eigenvalue weighted by molar-refractivity contribution is -0.0614. The van der Waals surface area contributed by atoms with Crippen molar-refractivity contribution in [3.8, 4) is 11.5 Å². The van der Waals surface area contributed by atoms with E-state index in [1.807, 2.05) is 19.2 Å². The number of ether oxygens (including phenoxy) is 3. The Morgan fingerprint density at radius 1 is 1.19 bits per heavy atom. The van der Waals surface area contributed by atoms with Crippen LogP contribution in [-0.2, 0) is 4.74 Å². The highest BCUT2D eigenvalue weighted by Gasteiger charge is 2.43. The van der Waals surface area contributed by atoms with Crippen LogP contribution in [0.25, 0.3) is 0 Å². The van der Waals surface area contributed by atoms with E-state index in [2.05, 4.69) is 18.3 Å². The molecule has 1 N–H and O–H groups in total. The Balaban J connectivity index is 2.43. The van der Waals surface area contributed by atoms with Gasteiger partial charge >= 0.3 is 0 Å². The van der Waals surface area contributed by atoms with Crippen LogP contribution in [0, 0.1) is 0 Å². The van der Waals surface area contributed by atoms with E-state index in [-0.39, 0.29) is 11.6 Å². The van der Waals surface area contributed by atoms with E-state index in [1.54, 1.807) is 14.2 Å². The van der Waals surface area contributed by atoms with E-state index in [0.717, 1.165) is 36.5 Å². The van der Waals surface area contributed by atoms with Crippen molar-refractivity contribution in [2.24, 2.45) is 0 Å². The molecule has 4 nitrogen and oxygen atoms in total. The number of hydrogen-bond donors (Lipinski definition) is 1. The van der Waals surface area contributed by atoms with Crippen molar-refractivity contribution in [1.29, 1.82) is 0 Å². The molecule has 0 amide bonds. The first-order chi connectivity index (χ1) is 10.2. The van der Waals surface area contributed by atoms with E-state index in [1.165, 1.54) is 12.8 Å². The van der Waals surface area contributed by atoms with Gasteiger partial charge in [-0.2, -0.15) is 0 Å². The molecule has 0 radical (unpaired) electrons. The van der Waals surface area contributed by atoms with Crippen LogP contribution >= 0.6 is 0 Å². The van der Waals surface area contributed by atoms with Crippen LogP contribution in [0.5, 0.6) is 11.5 Å². The Kier molecular flexibility index (Phi) is 5.48. The normalized spacial score (nSPS) is 18.5. The van der Waals surface area contributed by atoms with Crippen LogP contribution in [0.4, 0.5) is 0 Å². The van der Waals surface area contributed by atoms with Crippen LogP contribution in [0.1, 0.15) is 44.2 Å². The molecule has 1 aromatic rings. The minimum Gasteiger partial charge on any atom is -0.497 e. The van der Waals surface area contributed by atoms with Gasteiger partial charge in [0.15, 0.2) is 0 Å². The lowest BCUT2D eigenvalue weighted by Gasteiger charge is -2.38. The fourth-order valence-electron chi connectivity index (χ4n) is 3.54. The quantitative estimate of drug-likeness (QED) is 0.837. The zero-order chi connectivity index (χ0) is 15.3. The van der Waals surface area contributed by atoms with Crippen molar-refractivity contribution in [3.05, 3.63) is 23.8 Å². The fraction of sp³-hybridized carbons (Fsp3) is 0.647. The molecule has 0 heterocycles. The average Bonchev–Trinajstić information content (AvgIpc) is 2.97. The summed E-state index contributed by atoms with van der Waals surface area (Å²) in [6, 6.07) is 6.05.